The predicted molar refractivity (Wildman–Crippen MR) is 86.3 cm³/mol. The van der Waals surface area contributed by atoms with Crippen LogP contribution in [0.4, 0.5) is 0 Å². The van der Waals surface area contributed by atoms with Crippen LogP contribution in [-0.2, 0) is 13.0 Å². The minimum Gasteiger partial charge on any atom is -0.389 e. The second-order valence-corrected chi connectivity index (χ2v) is 6.41. The van der Waals surface area contributed by atoms with Crippen LogP contribution < -0.4 is 0 Å². The summed E-state index contributed by atoms with van der Waals surface area (Å²) >= 11 is 0. The summed E-state index contributed by atoms with van der Waals surface area (Å²) in [7, 11) is 0. The van der Waals surface area contributed by atoms with E-state index in [9.17, 15) is 5.11 Å². The monoisotopic (exact) mass is 286 g/mol. The third kappa shape index (κ3) is 2.59. The van der Waals surface area contributed by atoms with E-state index >= 15 is 0 Å². The predicted octanol–water partition coefficient (Wildman–Crippen LogP) is 3.93. The quantitative estimate of drug-likeness (QED) is 0.924. The van der Waals surface area contributed by atoms with E-state index < -0.39 is 5.60 Å². The average Bonchev–Trinajstić information content (AvgIpc) is 2.85. The minimum absolute atomic E-state index is 0.414. The van der Waals surface area contributed by atoms with Gasteiger partial charge in [0.25, 0.3) is 0 Å². The van der Waals surface area contributed by atoms with Crippen LogP contribution in [0.25, 0.3) is 10.9 Å². The Morgan fingerprint density at radius 3 is 2.86 bits per heavy atom. The van der Waals surface area contributed by atoms with E-state index in [1.54, 1.807) is 0 Å². The molecule has 1 aliphatic carbocycles. The summed E-state index contributed by atoms with van der Waals surface area (Å²) in [6, 6.07) is 8.38. The number of para-hydroxylation sites is 1. The van der Waals surface area contributed by atoms with Crippen molar-refractivity contribution < 1.29 is 5.11 Å². The van der Waals surface area contributed by atoms with Gasteiger partial charge in [-0.1, -0.05) is 44.4 Å². The van der Waals surface area contributed by atoms with Crippen LogP contribution in [0, 0.1) is 5.92 Å². The molecule has 21 heavy (non-hydrogen) atoms. The molecular weight excluding hydrogens is 260 g/mol. The summed E-state index contributed by atoms with van der Waals surface area (Å²) in [4.78, 5) is 0. The molecule has 2 unspecified atom stereocenters. The van der Waals surface area contributed by atoms with Crippen molar-refractivity contribution in [3.8, 4) is 0 Å². The summed E-state index contributed by atoms with van der Waals surface area (Å²) in [5.41, 5.74) is 1.68. The maximum Gasteiger partial charge on any atom is 0.0732 e. The van der Waals surface area contributed by atoms with E-state index in [4.69, 9.17) is 5.10 Å². The van der Waals surface area contributed by atoms with Crippen LogP contribution in [0.3, 0.4) is 0 Å². The molecule has 3 heteroatoms. The van der Waals surface area contributed by atoms with Crippen LogP contribution in [0.5, 0.6) is 0 Å². The number of aryl methyl sites for hydroxylation is 1. The van der Waals surface area contributed by atoms with Crippen LogP contribution in [-0.4, -0.2) is 20.5 Å². The Labute approximate surface area is 127 Å². The molecule has 0 saturated heterocycles. The minimum atomic E-state index is -0.567. The van der Waals surface area contributed by atoms with E-state index in [1.807, 2.05) is 0 Å². The number of aromatic nitrogens is 2. The van der Waals surface area contributed by atoms with Crippen LogP contribution >= 0.6 is 0 Å². The first-order valence-corrected chi connectivity index (χ1v) is 8.34. The number of benzene rings is 1. The maximum atomic E-state index is 11.2. The first-order chi connectivity index (χ1) is 10.2. The lowest BCUT2D eigenvalue weighted by Crippen LogP contribution is -2.42. The Morgan fingerprint density at radius 1 is 1.29 bits per heavy atom. The van der Waals surface area contributed by atoms with Crippen molar-refractivity contribution in [3.63, 3.8) is 0 Å². The third-order valence-electron chi connectivity index (χ3n) is 5.17. The molecule has 1 N–H and O–H groups in total. The molecule has 1 aromatic heterocycles. The van der Waals surface area contributed by atoms with E-state index in [0.29, 0.717) is 12.3 Å². The lowest BCUT2D eigenvalue weighted by molar-refractivity contribution is -0.0496. The van der Waals surface area contributed by atoms with Gasteiger partial charge in [0.1, 0.15) is 0 Å². The standard InChI is InChI=1S/C18H26N2O/c1-3-14-9-7-8-12-18(14,21)13-16-15-10-5-6-11-17(15)20(4-2)19-16/h5-6,10-11,14,21H,3-4,7-9,12-13H2,1-2H3. The van der Waals surface area contributed by atoms with E-state index in [2.05, 4.69) is 42.8 Å². The lowest BCUT2D eigenvalue weighted by Gasteiger charge is -2.39. The molecule has 2 aromatic rings. The highest BCUT2D eigenvalue weighted by Crippen LogP contribution is 2.39. The molecule has 0 aliphatic heterocycles. The summed E-state index contributed by atoms with van der Waals surface area (Å²) < 4.78 is 2.05. The van der Waals surface area contributed by atoms with Crippen molar-refractivity contribution in [2.45, 2.75) is 64.5 Å². The van der Waals surface area contributed by atoms with E-state index in [0.717, 1.165) is 37.9 Å². The molecule has 0 radical (unpaired) electrons. The van der Waals surface area contributed by atoms with Gasteiger partial charge >= 0.3 is 0 Å². The molecule has 1 fully saturated rings. The number of hydrogen-bond acceptors (Lipinski definition) is 2. The average molecular weight is 286 g/mol. The van der Waals surface area contributed by atoms with Gasteiger partial charge in [0, 0.05) is 18.4 Å². The van der Waals surface area contributed by atoms with Gasteiger partial charge in [-0.05, 0) is 31.7 Å². The van der Waals surface area contributed by atoms with Gasteiger partial charge in [0.05, 0.1) is 16.8 Å². The van der Waals surface area contributed by atoms with Gasteiger partial charge in [-0.2, -0.15) is 5.10 Å². The molecular formula is C18H26N2O. The fraction of sp³-hybridized carbons (Fsp3) is 0.611. The van der Waals surface area contributed by atoms with Crippen LogP contribution in [0.15, 0.2) is 24.3 Å². The smallest absolute Gasteiger partial charge is 0.0732 e. The third-order valence-corrected chi connectivity index (χ3v) is 5.17. The zero-order valence-electron chi connectivity index (χ0n) is 13.2. The lowest BCUT2D eigenvalue weighted by atomic mass is 9.71. The topological polar surface area (TPSA) is 38.1 Å². The fourth-order valence-electron chi connectivity index (χ4n) is 3.97. The number of aliphatic hydroxyl groups is 1. The van der Waals surface area contributed by atoms with Crippen molar-refractivity contribution in [2.75, 3.05) is 0 Å². The molecule has 1 saturated carbocycles. The number of rotatable bonds is 4. The summed E-state index contributed by atoms with van der Waals surface area (Å²) in [6.07, 6.45) is 6.21. The Bertz CT molecular complexity index is 619. The molecule has 114 valence electrons. The molecule has 1 aromatic carbocycles. The van der Waals surface area contributed by atoms with Crippen molar-refractivity contribution in [2.24, 2.45) is 5.92 Å². The summed E-state index contributed by atoms with van der Waals surface area (Å²) in [5.74, 6) is 0.414. The highest BCUT2D eigenvalue weighted by molar-refractivity contribution is 5.82. The second-order valence-electron chi connectivity index (χ2n) is 6.41. The van der Waals surface area contributed by atoms with Gasteiger partial charge < -0.3 is 5.11 Å². The summed E-state index contributed by atoms with van der Waals surface area (Å²) in [6.45, 7) is 5.19. The molecule has 0 spiro atoms. The number of fused-ring (bicyclic) bond motifs is 1. The maximum absolute atomic E-state index is 11.2. The number of hydrogen-bond donors (Lipinski definition) is 1. The van der Waals surface area contributed by atoms with Gasteiger partial charge in [0.15, 0.2) is 0 Å². The summed E-state index contributed by atoms with van der Waals surface area (Å²) in [5, 5.41) is 17.2. The van der Waals surface area contributed by atoms with E-state index in [1.165, 1.54) is 17.3 Å². The van der Waals surface area contributed by atoms with Gasteiger partial charge in [-0.15, -0.1) is 0 Å². The van der Waals surface area contributed by atoms with Crippen molar-refractivity contribution in [1.82, 2.24) is 9.78 Å². The van der Waals surface area contributed by atoms with E-state index in [-0.39, 0.29) is 0 Å². The molecule has 1 heterocycles. The Kier molecular flexibility index (Phi) is 4.03. The first-order valence-electron chi connectivity index (χ1n) is 8.34. The molecule has 0 amide bonds. The zero-order valence-corrected chi connectivity index (χ0v) is 13.2. The number of nitrogens with zero attached hydrogens (tertiary/aromatic N) is 2. The normalized spacial score (nSPS) is 26.3. The Balaban J connectivity index is 1.97. The zero-order chi connectivity index (χ0) is 14.9. The van der Waals surface area contributed by atoms with Crippen molar-refractivity contribution in [3.05, 3.63) is 30.0 Å². The molecule has 1 aliphatic rings. The molecule has 3 nitrogen and oxygen atoms in total. The van der Waals surface area contributed by atoms with Crippen LogP contribution in [0.2, 0.25) is 0 Å². The Morgan fingerprint density at radius 2 is 2.10 bits per heavy atom. The highest BCUT2D eigenvalue weighted by atomic mass is 16.3. The first kappa shape index (κ1) is 14.6. The largest absolute Gasteiger partial charge is 0.389 e. The highest BCUT2D eigenvalue weighted by Gasteiger charge is 2.38. The van der Waals surface area contributed by atoms with Crippen molar-refractivity contribution >= 4 is 10.9 Å². The van der Waals surface area contributed by atoms with Gasteiger partial charge in [0.2, 0.25) is 0 Å². The van der Waals surface area contributed by atoms with Crippen LogP contribution in [0.1, 0.15) is 51.6 Å². The van der Waals surface area contributed by atoms with Gasteiger partial charge in [-0.3, -0.25) is 4.68 Å². The van der Waals surface area contributed by atoms with Crippen molar-refractivity contribution in [1.29, 1.82) is 0 Å². The van der Waals surface area contributed by atoms with Gasteiger partial charge in [-0.25, -0.2) is 0 Å². The fourth-order valence-corrected chi connectivity index (χ4v) is 3.97. The second kappa shape index (κ2) is 5.80. The molecule has 0 bridgehead atoms. The Hall–Kier alpha value is -1.35. The molecule has 2 atom stereocenters. The SMILES string of the molecule is CCC1CCCCC1(O)Cc1nn(CC)c2ccccc12. The molecule has 3 rings (SSSR count).